The second-order valence-corrected chi connectivity index (χ2v) is 5.82. The fraction of sp³-hybridized carbons (Fsp3) is 0.368. The lowest BCUT2D eigenvalue weighted by Gasteiger charge is -2.21. The molecule has 2 rings (SSSR count). The highest BCUT2D eigenvalue weighted by Gasteiger charge is 2.16. The topological polar surface area (TPSA) is 52.5 Å². The molecule has 0 saturated carbocycles. The Kier molecular flexibility index (Phi) is 5.99. The summed E-state index contributed by atoms with van der Waals surface area (Å²) in [5.74, 6) is 0.229. The van der Waals surface area contributed by atoms with Crippen molar-refractivity contribution in [2.45, 2.75) is 38.8 Å². The van der Waals surface area contributed by atoms with E-state index < -0.39 is 6.10 Å². The standard InChI is InChI=1S/C19H25NO2/c1-14-10-11-17(13-18(14)21)19(22)15(2)20-12-6-9-16-7-4-3-5-8-16/h3-5,7-8,10-11,13,15,19-22H,6,9,12H2,1-2H3/t15-,19+/m0/s1. The maximum Gasteiger partial charge on any atom is 0.118 e. The van der Waals surface area contributed by atoms with Gasteiger partial charge in [-0.05, 0) is 56.0 Å². The molecule has 3 heteroatoms. The highest BCUT2D eigenvalue weighted by atomic mass is 16.3. The first-order valence-electron chi connectivity index (χ1n) is 7.83. The van der Waals surface area contributed by atoms with Crippen molar-refractivity contribution in [2.24, 2.45) is 0 Å². The molecule has 0 saturated heterocycles. The fourth-order valence-electron chi connectivity index (χ4n) is 2.48. The summed E-state index contributed by atoms with van der Waals surface area (Å²) in [4.78, 5) is 0. The van der Waals surface area contributed by atoms with Gasteiger partial charge in [0.25, 0.3) is 0 Å². The van der Waals surface area contributed by atoms with Gasteiger partial charge in [0, 0.05) is 6.04 Å². The SMILES string of the molecule is Cc1ccc([C@H](O)[C@H](C)NCCCc2ccccc2)cc1O. The lowest BCUT2D eigenvalue weighted by atomic mass is 10.0. The van der Waals surface area contributed by atoms with E-state index in [1.54, 1.807) is 6.07 Å². The smallest absolute Gasteiger partial charge is 0.118 e. The quantitative estimate of drug-likeness (QED) is 0.687. The Labute approximate surface area is 132 Å². The van der Waals surface area contributed by atoms with Crippen LogP contribution in [0.2, 0.25) is 0 Å². The van der Waals surface area contributed by atoms with Crippen LogP contribution in [-0.2, 0) is 6.42 Å². The molecule has 3 N–H and O–H groups in total. The van der Waals surface area contributed by atoms with E-state index in [0.29, 0.717) is 0 Å². The molecule has 0 bridgehead atoms. The molecule has 0 aliphatic rings. The van der Waals surface area contributed by atoms with Crippen LogP contribution in [0.5, 0.6) is 5.75 Å². The van der Waals surface area contributed by atoms with Gasteiger partial charge in [-0.2, -0.15) is 0 Å². The zero-order valence-electron chi connectivity index (χ0n) is 13.3. The van der Waals surface area contributed by atoms with E-state index >= 15 is 0 Å². The number of aryl methyl sites for hydroxylation is 2. The summed E-state index contributed by atoms with van der Waals surface area (Å²) in [5, 5.41) is 23.4. The minimum absolute atomic E-state index is 0.0575. The summed E-state index contributed by atoms with van der Waals surface area (Å²) < 4.78 is 0. The first kappa shape index (κ1) is 16.5. The van der Waals surface area contributed by atoms with Gasteiger partial charge >= 0.3 is 0 Å². The fourth-order valence-corrected chi connectivity index (χ4v) is 2.48. The maximum absolute atomic E-state index is 10.3. The summed E-state index contributed by atoms with van der Waals surface area (Å²) >= 11 is 0. The number of nitrogens with one attached hydrogen (secondary N) is 1. The van der Waals surface area contributed by atoms with Gasteiger partial charge in [0.05, 0.1) is 6.10 Å². The minimum atomic E-state index is -0.622. The van der Waals surface area contributed by atoms with Gasteiger partial charge < -0.3 is 15.5 Å². The third-order valence-corrected chi connectivity index (χ3v) is 4.00. The number of hydrogen-bond donors (Lipinski definition) is 3. The highest BCUT2D eigenvalue weighted by molar-refractivity contribution is 5.36. The lowest BCUT2D eigenvalue weighted by Crippen LogP contribution is -2.33. The summed E-state index contributed by atoms with van der Waals surface area (Å²) in [5.41, 5.74) is 2.89. The van der Waals surface area contributed by atoms with Crippen molar-refractivity contribution >= 4 is 0 Å². The van der Waals surface area contributed by atoms with Gasteiger partial charge in [0.15, 0.2) is 0 Å². The molecule has 0 aliphatic carbocycles. The Balaban J connectivity index is 1.78. The second kappa shape index (κ2) is 7.97. The predicted molar refractivity (Wildman–Crippen MR) is 90.0 cm³/mol. The number of aromatic hydroxyl groups is 1. The van der Waals surface area contributed by atoms with Gasteiger partial charge in [-0.25, -0.2) is 0 Å². The van der Waals surface area contributed by atoms with E-state index in [4.69, 9.17) is 0 Å². The molecule has 2 aromatic carbocycles. The molecule has 3 nitrogen and oxygen atoms in total. The van der Waals surface area contributed by atoms with Crippen LogP contribution in [0, 0.1) is 6.92 Å². The zero-order valence-corrected chi connectivity index (χ0v) is 13.3. The average Bonchev–Trinajstić information content (AvgIpc) is 2.54. The molecule has 0 heterocycles. The van der Waals surface area contributed by atoms with Crippen LogP contribution < -0.4 is 5.32 Å². The predicted octanol–water partition coefficient (Wildman–Crippen LogP) is 3.34. The van der Waals surface area contributed by atoms with E-state index in [2.05, 4.69) is 29.6 Å². The molecule has 0 aliphatic heterocycles. The number of aliphatic hydroxyl groups is 1. The summed E-state index contributed by atoms with van der Waals surface area (Å²) in [6.07, 6.45) is 1.44. The Morgan fingerprint density at radius 2 is 1.82 bits per heavy atom. The van der Waals surface area contributed by atoms with Crippen molar-refractivity contribution < 1.29 is 10.2 Å². The maximum atomic E-state index is 10.3. The van der Waals surface area contributed by atoms with Crippen LogP contribution in [0.15, 0.2) is 48.5 Å². The van der Waals surface area contributed by atoms with E-state index in [1.807, 2.05) is 32.0 Å². The van der Waals surface area contributed by atoms with Crippen LogP contribution in [0.4, 0.5) is 0 Å². The molecular formula is C19H25NO2. The van der Waals surface area contributed by atoms with Crippen molar-refractivity contribution in [2.75, 3.05) is 6.54 Å². The van der Waals surface area contributed by atoms with Crippen molar-refractivity contribution in [3.63, 3.8) is 0 Å². The number of hydrogen-bond acceptors (Lipinski definition) is 3. The Morgan fingerprint density at radius 1 is 1.09 bits per heavy atom. The number of phenolic OH excluding ortho intramolecular Hbond substituents is 1. The summed E-state index contributed by atoms with van der Waals surface area (Å²) in [7, 11) is 0. The Morgan fingerprint density at radius 3 is 2.50 bits per heavy atom. The van der Waals surface area contributed by atoms with Crippen LogP contribution in [0.1, 0.15) is 36.1 Å². The van der Waals surface area contributed by atoms with Gasteiger partial charge in [-0.3, -0.25) is 0 Å². The molecule has 0 unspecified atom stereocenters. The average molecular weight is 299 g/mol. The van der Waals surface area contributed by atoms with Crippen LogP contribution >= 0.6 is 0 Å². The monoisotopic (exact) mass is 299 g/mol. The van der Waals surface area contributed by atoms with Gasteiger partial charge in [0.2, 0.25) is 0 Å². The van der Waals surface area contributed by atoms with Crippen LogP contribution in [0.25, 0.3) is 0 Å². The summed E-state index contributed by atoms with van der Waals surface area (Å²) in [6.45, 7) is 4.66. The first-order valence-corrected chi connectivity index (χ1v) is 7.83. The van der Waals surface area contributed by atoms with Gasteiger partial charge in [-0.15, -0.1) is 0 Å². The van der Waals surface area contributed by atoms with Crippen molar-refractivity contribution in [1.82, 2.24) is 5.32 Å². The third-order valence-electron chi connectivity index (χ3n) is 4.00. The molecule has 0 fully saturated rings. The second-order valence-electron chi connectivity index (χ2n) is 5.82. The molecule has 0 spiro atoms. The van der Waals surface area contributed by atoms with E-state index in [1.165, 1.54) is 5.56 Å². The Hall–Kier alpha value is -1.84. The van der Waals surface area contributed by atoms with Crippen molar-refractivity contribution in [3.05, 3.63) is 65.2 Å². The highest BCUT2D eigenvalue weighted by Crippen LogP contribution is 2.24. The van der Waals surface area contributed by atoms with Gasteiger partial charge in [0.1, 0.15) is 5.75 Å². The molecular weight excluding hydrogens is 274 g/mol. The number of aliphatic hydroxyl groups excluding tert-OH is 1. The normalized spacial score (nSPS) is 13.8. The molecule has 22 heavy (non-hydrogen) atoms. The molecule has 2 atom stereocenters. The van der Waals surface area contributed by atoms with Gasteiger partial charge in [-0.1, -0.05) is 42.5 Å². The largest absolute Gasteiger partial charge is 0.508 e. The minimum Gasteiger partial charge on any atom is -0.508 e. The summed E-state index contributed by atoms with van der Waals surface area (Å²) in [6, 6.07) is 15.7. The third kappa shape index (κ3) is 4.58. The number of benzene rings is 2. The number of phenols is 1. The Bertz CT molecular complexity index is 583. The molecule has 118 valence electrons. The van der Waals surface area contributed by atoms with Crippen molar-refractivity contribution in [3.8, 4) is 5.75 Å². The van der Waals surface area contributed by atoms with Crippen molar-refractivity contribution in [1.29, 1.82) is 0 Å². The van der Waals surface area contributed by atoms with E-state index in [9.17, 15) is 10.2 Å². The lowest BCUT2D eigenvalue weighted by molar-refractivity contribution is 0.136. The molecule has 0 aromatic heterocycles. The number of rotatable bonds is 7. The molecule has 2 aromatic rings. The van der Waals surface area contributed by atoms with Crippen LogP contribution in [0.3, 0.4) is 0 Å². The molecule has 0 radical (unpaired) electrons. The zero-order chi connectivity index (χ0) is 15.9. The van der Waals surface area contributed by atoms with Crippen LogP contribution in [-0.4, -0.2) is 22.8 Å². The van der Waals surface area contributed by atoms with E-state index in [-0.39, 0.29) is 11.8 Å². The molecule has 0 amide bonds. The first-order chi connectivity index (χ1) is 10.6. The van der Waals surface area contributed by atoms with E-state index in [0.717, 1.165) is 30.5 Å².